The SMILES string of the molecule is Cn1ncnc1Cn1ccc2cc(CNC3CC3)ccc21. The fourth-order valence-corrected chi connectivity index (χ4v) is 2.66. The van der Waals surface area contributed by atoms with E-state index in [0.717, 1.165) is 25.0 Å². The van der Waals surface area contributed by atoms with Crippen LogP contribution in [-0.4, -0.2) is 25.4 Å². The maximum absolute atomic E-state index is 4.29. The van der Waals surface area contributed by atoms with Gasteiger partial charge in [-0.05, 0) is 42.0 Å². The number of nitrogens with one attached hydrogen (secondary N) is 1. The van der Waals surface area contributed by atoms with Crippen molar-refractivity contribution in [3.63, 3.8) is 0 Å². The maximum Gasteiger partial charge on any atom is 0.146 e. The second kappa shape index (κ2) is 5.00. The van der Waals surface area contributed by atoms with E-state index in [1.54, 1.807) is 6.33 Å². The smallest absolute Gasteiger partial charge is 0.146 e. The number of hydrogen-bond donors (Lipinski definition) is 1. The Morgan fingerprint density at radius 3 is 2.95 bits per heavy atom. The van der Waals surface area contributed by atoms with Gasteiger partial charge >= 0.3 is 0 Å². The molecule has 0 saturated heterocycles. The lowest BCUT2D eigenvalue weighted by atomic mass is 10.1. The third-order valence-corrected chi connectivity index (χ3v) is 4.12. The van der Waals surface area contributed by atoms with Gasteiger partial charge in [0.2, 0.25) is 0 Å². The summed E-state index contributed by atoms with van der Waals surface area (Å²) in [7, 11) is 1.93. The molecule has 1 aliphatic carbocycles. The predicted molar refractivity (Wildman–Crippen MR) is 81.9 cm³/mol. The van der Waals surface area contributed by atoms with E-state index in [2.05, 4.69) is 50.4 Å². The Bertz CT molecular complexity index is 766. The fourth-order valence-electron chi connectivity index (χ4n) is 2.66. The molecule has 2 aromatic heterocycles. The quantitative estimate of drug-likeness (QED) is 0.779. The number of aromatic nitrogens is 4. The lowest BCUT2D eigenvalue weighted by molar-refractivity contribution is 0.664. The lowest BCUT2D eigenvalue weighted by Gasteiger charge is -2.06. The Morgan fingerprint density at radius 2 is 2.19 bits per heavy atom. The molecule has 0 bridgehead atoms. The highest BCUT2D eigenvalue weighted by Gasteiger charge is 2.19. The number of rotatable bonds is 5. The van der Waals surface area contributed by atoms with Crippen molar-refractivity contribution in [2.45, 2.75) is 32.0 Å². The van der Waals surface area contributed by atoms with Gasteiger partial charge in [-0.2, -0.15) is 5.10 Å². The predicted octanol–water partition coefficient (Wildman–Crippen LogP) is 2.07. The molecule has 0 radical (unpaired) electrons. The van der Waals surface area contributed by atoms with Crippen LogP contribution in [0.4, 0.5) is 0 Å². The Balaban J connectivity index is 1.57. The summed E-state index contributed by atoms with van der Waals surface area (Å²) in [4.78, 5) is 4.29. The molecule has 1 N–H and O–H groups in total. The topological polar surface area (TPSA) is 47.7 Å². The summed E-state index contributed by atoms with van der Waals surface area (Å²) in [5.41, 5.74) is 2.60. The summed E-state index contributed by atoms with van der Waals surface area (Å²) in [6, 6.07) is 9.62. The van der Waals surface area contributed by atoms with E-state index in [9.17, 15) is 0 Å². The van der Waals surface area contributed by atoms with Crippen LogP contribution in [-0.2, 0) is 20.1 Å². The molecule has 21 heavy (non-hydrogen) atoms. The van der Waals surface area contributed by atoms with Crippen molar-refractivity contribution in [3.8, 4) is 0 Å². The molecular formula is C16H19N5. The molecule has 5 heteroatoms. The van der Waals surface area contributed by atoms with Crippen LogP contribution in [0.3, 0.4) is 0 Å². The number of aryl methyl sites for hydroxylation is 1. The molecular weight excluding hydrogens is 262 g/mol. The Labute approximate surface area is 123 Å². The van der Waals surface area contributed by atoms with Gasteiger partial charge in [0.15, 0.2) is 0 Å². The van der Waals surface area contributed by atoms with Gasteiger partial charge in [0, 0.05) is 31.3 Å². The molecule has 0 amide bonds. The molecule has 0 spiro atoms. The van der Waals surface area contributed by atoms with E-state index in [0.29, 0.717) is 0 Å². The van der Waals surface area contributed by atoms with Gasteiger partial charge in [-0.3, -0.25) is 4.68 Å². The fraction of sp³-hybridized carbons (Fsp3) is 0.375. The van der Waals surface area contributed by atoms with Crippen molar-refractivity contribution in [2.24, 2.45) is 7.05 Å². The molecule has 0 atom stereocenters. The van der Waals surface area contributed by atoms with E-state index in [1.165, 1.54) is 29.3 Å². The summed E-state index contributed by atoms with van der Waals surface area (Å²) in [6.45, 7) is 1.72. The van der Waals surface area contributed by atoms with Crippen LogP contribution in [0.1, 0.15) is 24.2 Å². The molecule has 1 saturated carbocycles. The first kappa shape index (κ1) is 12.6. The zero-order chi connectivity index (χ0) is 14.2. The van der Waals surface area contributed by atoms with E-state index >= 15 is 0 Å². The van der Waals surface area contributed by atoms with Gasteiger partial charge < -0.3 is 9.88 Å². The van der Waals surface area contributed by atoms with Crippen LogP contribution in [0, 0.1) is 0 Å². The van der Waals surface area contributed by atoms with Gasteiger partial charge in [-0.15, -0.1) is 0 Å². The lowest BCUT2D eigenvalue weighted by Crippen LogP contribution is -2.15. The van der Waals surface area contributed by atoms with Crippen molar-refractivity contribution >= 4 is 10.9 Å². The van der Waals surface area contributed by atoms with E-state index < -0.39 is 0 Å². The average molecular weight is 281 g/mol. The van der Waals surface area contributed by atoms with Crippen molar-refractivity contribution in [3.05, 3.63) is 48.2 Å². The number of hydrogen-bond acceptors (Lipinski definition) is 3. The van der Waals surface area contributed by atoms with Crippen LogP contribution < -0.4 is 5.32 Å². The number of fused-ring (bicyclic) bond motifs is 1. The second-order valence-electron chi connectivity index (χ2n) is 5.79. The highest BCUT2D eigenvalue weighted by molar-refractivity contribution is 5.81. The Morgan fingerprint density at radius 1 is 1.29 bits per heavy atom. The van der Waals surface area contributed by atoms with Crippen molar-refractivity contribution < 1.29 is 0 Å². The van der Waals surface area contributed by atoms with Gasteiger partial charge in [0.25, 0.3) is 0 Å². The first-order valence-electron chi connectivity index (χ1n) is 7.43. The standard InChI is InChI=1S/C16H19N5/c1-20-16(18-11-19-20)10-21-7-6-13-8-12(2-5-15(13)21)9-17-14-3-4-14/h2,5-8,11,14,17H,3-4,9-10H2,1H3. The summed E-state index contributed by atoms with van der Waals surface area (Å²) in [5, 5.41) is 8.97. The van der Waals surface area contributed by atoms with Crippen molar-refractivity contribution in [2.75, 3.05) is 0 Å². The Kier molecular flexibility index (Phi) is 3.00. The molecule has 5 nitrogen and oxygen atoms in total. The highest BCUT2D eigenvalue weighted by Crippen LogP contribution is 2.21. The van der Waals surface area contributed by atoms with Crippen LogP contribution >= 0.6 is 0 Å². The van der Waals surface area contributed by atoms with E-state index in [-0.39, 0.29) is 0 Å². The van der Waals surface area contributed by atoms with Crippen LogP contribution in [0.2, 0.25) is 0 Å². The Hall–Kier alpha value is -2.14. The molecule has 4 rings (SSSR count). The maximum atomic E-state index is 4.29. The third-order valence-electron chi connectivity index (χ3n) is 4.12. The minimum Gasteiger partial charge on any atom is -0.340 e. The molecule has 1 aliphatic rings. The summed E-state index contributed by atoms with van der Waals surface area (Å²) in [6.07, 6.45) is 6.38. The van der Waals surface area contributed by atoms with Crippen molar-refractivity contribution in [1.29, 1.82) is 0 Å². The van der Waals surface area contributed by atoms with E-state index in [1.807, 2.05) is 11.7 Å². The largest absolute Gasteiger partial charge is 0.340 e. The van der Waals surface area contributed by atoms with E-state index in [4.69, 9.17) is 0 Å². The second-order valence-corrected chi connectivity index (χ2v) is 5.79. The van der Waals surface area contributed by atoms with Crippen molar-refractivity contribution in [1.82, 2.24) is 24.6 Å². The molecule has 108 valence electrons. The average Bonchev–Trinajstić information content (AvgIpc) is 3.12. The van der Waals surface area contributed by atoms with Gasteiger partial charge in [-0.1, -0.05) is 6.07 Å². The minimum absolute atomic E-state index is 0.750. The summed E-state index contributed by atoms with van der Waals surface area (Å²) >= 11 is 0. The molecule has 1 fully saturated rings. The zero-order valence-corrected chi connectivity index (χ0v) is 12.2. The third kappa shape index (κ3) is 2.56. The molecule has 3 aromatic rings. The summed E-state index contributed by atoms with van der Waals surface area (Å²) in [5.74, 6) is 0.965. The highest BCUT2D eigenvalue weighted by atomic mass is 15.3. The number of nitrogens with zero attached hydrogens (tertiary/aromatic N) is 4. The summed E-state index contributed by atoms with van der Waals surface area (Å²) < 4.78 is 4.04. The minimum atomic E-state index is 0.750. The first-order chi connectivity index (χ1) is 10.3. The van der Waals surface area contributed by atoms with Crippen LogP contribution in [0.15, 0.2) is 36.8 Å². The molecule has 2 heterocycles. The van der Waals surface area contributed by atoms with Gasteiger partial charge in [-0.25, -0.2) is 4.98 Å². The van der Waals surface area contributed by atoms with Crippen LogP contribution in [0.5, 0.6) is 0 Å². The first-order valence-corrected chi connectivity index (χ1v) is 7.43. The molecule has 1 aromatic carbocycles. The zero-order valence-electron chi connectivity index (χ0n) is 12.2. The van der Waals surface area contributed by atoms with Crippen LogP contribution in [0.25, 0.3) is 10.9 Å². The monoisotopic (exact) mass is 281 g/mol. The number of benzene rings is 1. The normalized spacial score (nSPS) is 14.9. The van der Waals surface area contributed by atoms with Gasteiger partial charge in [0.1, 0.15) is 12.2 Å². The van der Waals surface area contributed by atoms with Gasteiger partial charge in [0.05, 0.1) is 6.54 Å². The molecule has 0 aliphatic heterocycles. The molecule has 0 unspecified atom stereocenters.